The van der Waals surface area contributed by atoms with Gasteiger partial charge in [0.1, 0.15) is 23.1 Å². The van der Waals surface area contributed by atoms with Crippen molar-refractivity contribution in [3.05, 3.63) is 216 Å². The quantitative estimate of drug-likeness (QED) is 0.101. The van der Waals surface area contributed by atoms with Crippen LogP contribution in [0.25, 0.3) is 61.0 Å². The zero-order valence-electron chi connectivity index (χ0n) is 44.6. The van der Waals surface area contributed by atoms with Crippen LogP contribution >= 0.6 is 0 Å². The van der Waals surface area contributed by atoms with Crippen molar-refractivity contribution in [3.8, 4) is 50.7 Å². The Labute approximate surface area is 459 Å². The molecule has 0 fully saturated rings. The fourth-order valence-corrected chi connectivity index (χ4v) is 10.2. The van der Waals surface area contributed by atoms with Gasteiger partial charge < -0.3 is 9.30 Å². The van der Waals surface area contributed by atoms with Gasteiger partial charge in [0.15, 0.2) is 0 Å². The molecule has 0 spiro atoms. The molecule has 3 heterocycles. The second-order valence-corrected chi connectivity index (χ2v) is 22.5. The molecule has 0 amide bonds. The van der Waals surface area contributed by atoms with Crippen LogP contribution in [0, 0.1) is 23.8 Å². The Kier molecular flexibility index (Phi) is 13.8. The second kappa shape index (κ2) is 20.2. The molecule has 0 saturated carbocycles. The van der Waals surface area contributed by atoms with Crippen LogP contribution in [-0.4, -0.2) is 15.6 Å². The average molecular weight is 1180 g/mol. The fraction of sp³-hybridized carbons (Fsp3) is 0.206. The van der Waals surface area contributed by atoms with E-state index in [2.05, 4.69) is 201 Å². The van der Waals surface area contributed by atoms with Gasteiger partial charge in [0.25, 0.3) is 11.4 Å². The van der Waals surface area contributed by atoms with Crippen LogP contribution in [0.15, 0.2) is 170 Å². The van der Waals surface area contributed by atoms with Crippen LogP contribution in [0.3, 0.4) is 0 Å². The van der Waals surface area contributed by atoms with E-state index in [0.29, 0.717) is 28.3 Å². The molecule has 5 nitrogen and oxygen atoms in total. The van der Waals surface area contributed by atoms with E-state index in [-0.39, 0.29) is 43.7 Å². The van der Waals surface area contributed by atoms with E-state index in [1.807, 2.05) is 51.7 Å². The molecule has 8 heteroatoms. The number of halogens is 2. The molecule has 10 aromatic rings. The molecule has 0 radical (unpaired) electrons. The summed E-state index contributed by atoms with van der Waals surface area (Å²) in [5.41, 5.74) is 14.6. The molecule has 76 heavy (non-hydrogen) atoms. The molecule has 0 N–H and O–H groups in total. The summed E-state index contributed by atoms with van der Waals surface area (Å²) >= 11 is 0. The first-order chi connectivity index (χ1) is 35.9. The minimum atomic E-state index is -0.652. The Morgan fingerprint density at radius 2 is 1.16 bits per heavy atom. The van der Waals surface area contributed by atoms with E-state index < -0.39 is 11.6 Å². The number of pyridine rings is 1. The third-order valence-corrected chi connectivity index (χ3v) is 14.4. The van der Waals surface area contributed by atoms with Gasteiger partial charge in [-0.15, -0.1) is 29.1 Å². The SMILES string of the molecule is CC(C)c1cc(-c2cccc(-c3cc(F)cc(F)c3)c2[N+]2=C=[N+](c3[c-]c(Oc4[c-]c5c(cc4)c4ccccc4n5-c4cc(C(C)(C)C)ccn4)cc(-c4ccc(C(C)(C)C)cc4)c3)c3ccccc32)cc(C(C)C)c1.[Pt+2]. The summed E-state index contributed by atoms with van der Waals surface area (Å²) in [6.07, 6.45) is 1.88. The molecule has 11 rings (SSSR count). The summed E-state index contributed by atoms with van der Waals surface area (Å²) in [4.78, 5) is 4.90. The topological polar surface area (TPSA) is 33.1 Å². The van der Waals surface area contributed by atoms with Crippen molar-refractivity contribution in [1.82, 2.24) is 18.7 Å². The fourth-order valence-electron chi connectivity index (χ4n) is 10.2. The van der Waals surface area contributed by atoms with E-state index in [1.165, 1.54) is 34.4 Å². The van der Waals surface area contributed by atoms with Crippen LogP contribution in [-0.2, 0) is 31.9 Å². The van der Waals surface area contributed by atoms with Crippen molar-refractivity contribution in [3.63, 3.8) is 0 Å². The molecule has 8 aromatic carbocycles. The van der Waals surface area contributed by atoms with Crippen LogP contribution in [0.4, 0.5) is 31.5 Å². The van der Waals surface area contributed by atoms with E-state index in [4.69, 9.17) is 9.72 Å². The van der Waals surface area contributed by atoms with Crippen molar-refractivity contribution in [2.24, 2.45) is 0 Å². The minimum Gasteiger partial charge on any atom is -0.509 e. The standard InChI is InChI=1S/C68H60F2N4O.Pt/c1-42(2)45-30-46(43(3)4)32-48(31-45)57-17-15-18-58(49-33-52(69)38-53(70)34-49)66(57)73-41-72(62-20-13-14-21-63(62)73)54-35-47(44-22-24-50(25-23-44)67(5,6)7)36-56(39-54)75-55-26-27-60-59-16-11-12-19-61(59)74(64(60)40-55)65-37-51(28-29-71-65)68(8,9)10;/h11-38,42-43H,1-10H3;/q;+2. The van der Waals surface area contributed by atoms with Gasteiger partial charge in [-0.25, -0.2) is 13.8 Å². The first kappa shape index (κ1) is 51.9. The molecule has 0 atom stereocenters. The Bertz CT molecular complexity index is 3910. The van der Waals surface area contributed by atoms with E-state index in [0.717, 1.165) is 73.0 Å². The minimum absolute atomic E-state index is 0. The number of ether oxygens (including phenoxy) is 1. The summed E-state index contributed by atoms with van der Waals surface area (Å²) in [5.74, 6) is 1.03. The maximum Gasteiger partial charge on any atom is 2.00 e. The first-order valence-corrected chi connectivity index (χ1v) is 25.9. The van der Waals surface area contributed by atoms with Gasteiger partial charge in [-0.2, -0.15) is 6.07 Å². The van der Waals surface area contributed by atoms with Crippen LogP contribution in [0.5, 0.6) is 11.5 Å². The molecular formula is C68H60F2N4OPt+2. The third-order valence-electron chi connectivity index (χ3n) is 14.4. The molecule has 380 valence electrons. The summed E-state index contributed by atoms with van der Waals surface area (Å²) < 4.78 is 43.7. The maximum absolute atomic E-state index is 15.3. The summed E-state index contributed by atoms with van der Waals surface area (Å²) in [5, 5.41) is 2.13. The maximum atomic E-state index is 15.3. The molecule has 1 aliphatic heterocycles. The normalized spacial score (nSPS) is 12.6. The zero-order chi connectivity index (χ0) is 52.5. The van der Waals surface area contributed by atoms with Gasteiger partial charge in [0.05, 0.1) is 11.1 Å². The number of nitrogens with zero attached hydrogens (tertiary/aromatic N) is 4. The number of hydrogen-bond acceptors (Lipinski definition) is 2. The first-order valence-electron chi connectivity index (χ1n) is 25.9. The van der Waals surface area contributed by atoms with Gasteiger partial charge in [0, 0.05) is 41.4 Å². The Hall–Kier alpha value is -7.56. The average Bonchev–Trinajstić information content (AvgIpc) is 3.94. The summed E-state index contributed by atoms with van der Waals surface area (Å²) in [6.45, 7) is 22.1. The van der Waals surface area contributed by atoms with E-state index in [1.54, 1.807) is 0 Å². The van der Waals surface area contributed by atoms with Crippen LogP contribution in [0.2, 0.25) is 0 Å². The predicted octanol–water partition coefficient (Wildman–Crippen LogP) is 18.5. The Morgan fingerprint density at radius 1 is 0.539 bits per heavy atom. The summed E-state index contributed by atoms with van der Waals surface area (Å²) in [7, 11) is 0. The molecule has 0 bridgehead atoms. The van der Waals surface area contributed by atoms with E-state index >= 15 is 8.78 Å². The van der Waals surface area contributed by atoms with Crippen molar-refractivity contribution >= 4 is 50.6 Å². The number of aromatic nitrogens is 2. The van der Waals surface area contributed by atoms with Gasteiger partial charge >= 0.3 is 27.1 Å². The molecule has 2 aromatic heterocycles. The monoisotopic (exact) mass is 1180 g/mol. The van der Waals surface area contributed by atoms with Gasteiger partial charge in [-0.1, -0.05) is 170 Å². The summed E-state index contributed by atoms with van der Waals surface area (Å²) in [6, 6.07) is 65.2. The van der Waals surface area contributed by atoms with Crippen LogP contribution in [0.1, 0.15) is 103 Å². The second-order valence-electron chi connectivity index (χ2n) is 22.5. The van der Waals surface area contributed by atoms with E-state index in [9.17, 15) is 0 Å². The molecule has 1 aliphatic rings. The number of rotatable bonds is 10. The Morgan fingerprint density at radius 3 is 1.80 bits per heavy atom. The largest absolute Gasteiger partial charge is 2.00 e. The number of fused-ring (bicyclic) bond motifs is 4. The molecule has 0 aliphatic carbocycles. The zero-order valence-corrected chi connectivity index (χ0v) is 46.9. The van der Waals surface area contributed by atoms with Crippen molar-refractivity contribution < 1.29 is 34.6 Å². The molecular weight excluding hydrogens is 1120 g/mol. The molecule has 0 unspecified atom stereocenters. The van der Waals surface area contributed by atoms with Crippen LogP contribution < -0.4 is 13.9 Å². The smallest absolute Gasteiger partial charge is 0.509 e. The van der Waals surface area contributed by atoms with Gasteiger partial charge in [0.2, 0.25) is 5.69 Å². The van der Waals surface area contributed by atoms with Crippen molar-refractivity contribution in [1.29, 1.82) is 0 Å². The third kappa shape index (κ3) is 9.91. The van der Waals surface area contributed by atoms with Gasteiger partial charge in [-0.05, 0) is 114 Å². The van der Waals surface area contributed by atoms with Crippen molar-refractivity contribution in [2.45, 2.75) is 91.9 Å². The number of benzene rings is 8. The predicted molar refractivity (Wildman–Crippen MR) is 305 cm³/mol. The Balaban J connectivity index is 0.00000657. The number of para-hydroxylation sites is 4. The molecule has 0 saturated heterocycles. The number of hydrogen-bond donors (Lipinski definition) is 0. The van der Waals surface area contributed by atoms with Crippen molar-refractivity contribution in [2.75, 3.05) is 0 Å². The van der Waals surface area contributed by atoms with Gasteiger partial charge in [-0.3, -0.25) is 0 Å².